The molecule has 0 radical (unpaired) electrons. The van der Waals surface area contributed by atoms with Gasteiger partial charge in [-0.1, -0.05) is 17.8 Å². The first-order valence-corrected chi connectivity index (χ1v) is 6.35. The molecule has 0 spiro atoms. The molecule has 7 heteroatoms. The highest BCUT2D eigenvalue weighted by Gasteiger charge is 2.10. The summed E-state index contributed by atoms with van der Waals surface area (Å²) >= 11 is 7.30. The molecule has 0 N–H and O–H groups in total. The van der Waals surface area contributed by atoms with Crippen LogP contribution in [0.4, 0.5) is 0 Å². The lowest BCUT2D eigenvalue weighted by Gasteiger charge is -2.06. The molecule has 2 heterocycles. The summed E-state index contributed by atoms with van der Waals surface area (Å²) in [6.07, 6.45) is 4.90. The Morgan fingerprint density at radius 2 is 2.35 bits per heavy atom. The number of rotatable bonds is 3. The van der Waals surface area contributed by atoms with E-state index in [0.717, 1.165) is 0 Å². The van der Waals surface area contributed by atoms with E-state index in [9.17, 15) is 4.79 Å². The maximum Gasteiger partial charge on any atom is 0.265 e. The molecule has 0 aliphatic heterocycles. The number of allylic oxidation sites excluding steroid dienone is 1. The molecule has 0 aliphatic carbocycles. The fraction of sp³-hybridized carbons (Fsp3) is 0.200. The lowest BCUT2D eigenvalue weighted by atomic mass is 10.4. The normalized spacial score (nSPS) is 10.7. The van der Waals surface area contributed by atoms with E-state index in [1.165, 1.54) is 22.5 Å². The number of fused-ring (bicyclic) bond motifs is 1. The molecule has 0 aliphatic rings. The van der Waals surface area contributed by atoms with Crippen LogP contribution in [-0.4, -0.2) is 25.8 Å². The van der Waals surface area contributed by atoms with Gasteiger partial charge in [0.2, 0.25) is 5.28 Å². The first kappa shape index (κ1) is 12.1. The van der Waals surface area contributed by atoms with Gasteiger partial charge in [0.05, 0.1) is 0 Å². The van der Waals surface area contributed by atoms with Crippen molar-refractivity contribution in [2.75, 3.05) is 6.26 Å². The molecule has 2 aromatic rings. The van der Waals surface area contributed by atoms with Crippen LogP contribution >= 0.6 is 23.4 Å². The highest BCUT2D eigenvalue weighted by atomic mass is 35.5. The Balaban J connectivity index is 2.76. The minimum Gasteiger partial charge on any atom is -0.279 e. The van der Waals surface area contributed by atoms with Crippen LogP contribution in [0.3, 0.4) is 0 Å². The summed E-state index contributed by atoms with van der Waals surface area (Å²) in [6.45, 7) is 3.88. The lowest BCUT2D eigenvalue weighted by Crippen LogP contribution is -2.22. The predicted molar refractivity (Wildman–Crippen MR) is 68.6 cm³/mol. The molecule has 0 atom stereocenters. The van der Waals surface area contributed by atoms with Crippen molar-refractivity contribution in [2.24, 2.45) is 0 Å². The Hall–Kier alpha value is -1.40. The summed E-state index contributed by atoms with van der Waals surface area (Å²) in [5.41, 5.74) is 0.0622. The molecule has 2 aromatic heterocycles. The zero-order valence-corrected chi connectivity index (χ0v) is 10.6. The average molecular weight is 269 g/mol. The zero-order valence-electron chi connectivity index (χ0n) is 9.05. The molecule has 0 unspecified atom stereocenters. The van der Waals surface area contributed by atoms with Crippen molar-refractivity contribution in [3.63, 3.8) is 0 Å². The van der Waals surface area contributed by atoms with Gasteiger partial charge in [0.1, 0.15) is 5.39 Å². The molecule has 0 saturated heterocycles. The molecule has 0 aromatic carbocycles. The number of halogens is 1. The average Bonchev–Trinajstić information content (AvgIpc) is 2.33. The van der Waals surface area contributed by atoms with Crippen molar-refractivity contribution in [3.8, 4) is 0 Å². The van der Waals surface area contributed by atoms with Crippen LogP contribution in [-0.2, 0) is 6.54 Å². The largest absolute Gasteiger partial charge is 0.279 e. The van der Waals surface area contributed by atoms with Gasteiger partial charge in [-0.3, -0.25) is 9.36 Å². The topological polar surface area (TPSA) is 60.7 Å². The number of nitrogens with zero attached hydrogens (tertiary/aromatic N) is 4. The van der Waals surface area contributed by atoms with Crippen molar-refractivity contribution in [2.45, 2.75) is 11.7 Å². The standard InChI is InChI=1S/C10H9ClN4OS/c1-3-4-15-8(16)6-5-12-10(17-2)14-7(6)13-9(15)11/h3,5H,1,4H2,2H3. The van der Waals surface area contributed by atoms with E-state index >= 15 is 0 Å². The van der Waals surface area contributed by atoms with Gasteiger partial charge in [0.25, 0.3) is 5.56 Å². The maximum absolute atomic E-state index is 12.0. The SMILES string of the molecule is C=CCn1c(Cl)nc2nc(SC)ncc2c1=O. The van der Waals surface area contributed by atoms with Crippen LogP contribution in [0.1, 0.15) is 0 Å². The van der Waals surface area contributed by atoms with E-state index in [0.29, 0.717) is 22.7 Å². The molecular formula is C10H9ClN4OS. The molecule has 88 valence electrons. The number of thioether (sulfide) groups is 1. The van der Waals surface area contributed by atoms with E-state index in [4.69, 9.17) is 11.6 Å². The van der Waals surface area contributed by atoms with Gasteiger partial charge in [-0.15, -0.1) is 6.58 Å². The maximum atomic E-state index is 12.0. The van der Waals surface area contributed by atoms with Crippen molar-refractivity contribution in [3.05, 3.63) is 34.5 Å². The Labute approximate surface area is 107 Å². The summed E-state index contributed by atoms with van der Waals surface area (Å²) < 4.78 is 1.32. The Morgan fingerprint density at radius 1 is 1.59 bits per heavy atom. The summed E-state index contributed by atoms with van der Waals surface area (Å²) in [5.74, 6) is 0. The fourth-order valence-electron chi connectivity index (χ4n) is 1.36. The molecule has 17 heavy (non-hydrogen) atoms. The second-order valence-corrected chi connectivity index (χ2v) is 4.29. The third kappa shape index (κ3) is 2.18. The second kappa shape index (κ2) is 4.85. The van der Waals surface area contributed by atoms with Gasteiger partial charge in [-0.2, -0.15) is 4.98 Å². The Morgan fingerprint density at radius 3 is 3.00 bits per heavy atom. The quantitative estimate of drug-likeness (QED) is 0.482. The van der Waals surface area contributed by atoms with Crippen molar-refractivity contribution < 1.29 is 0 Å². The van der Waals surface area contributed by atoms with Crippen molar-refractivity contribution in [1.29, 1.82) is 0 Å². The van der Waals surface area contributed by atoms with Crippen molar-refractivity contribution in [1.82, 2.24) is 19.5 Å². The summed E-state index contributed by atoms with van der Waals surface area (Å²) in [7, 11) is 0. The number of hydrogen-bond donors (Lipinski definition) is 0. The molecule has 0 amide bonds. The zero-order chi connectivity index (χ0) is 12.4. The van der Waals surface area contributed by atoms with Gasteiger partial charge in [-0.25, -0.2) is 9.97 Å². The van der Waals surface area contributed by atoms with Crippen LogP contribution in [0.15, 0.2) is 28.8 Å². The number of hydrogen-bond acceptors (Lipinski definition) is 5. The van der Waals surface area contributed by atoms with Crippen LogP contribution in [0, 0.1) is 0 Å². The van der Waals surface area contributed by atoms with Crippen LogP contribution in [0.2, 0.25) is 5.28 Å². The lowest BCUT2D eigenvalue weighted by molar-refractivity contribution is 0.764. The Kier molecular flexibility index (Phi) is 3.44. The molecular weight excluding hydrogens is 260 g/mol. The molecule has 2 rings (SSSR count). The van der Waals surface area contributed by atoms with Gasteiger partial charge >= 0.3 is 0 Å². The minimum atomic E-state index is -0.257. The molecule has 0 bridgehead atoms. The van der Waals surface area contributed by atoms with E-state index < -0.39 is 0 Å². The highest BCUT2D eigenvalue weighted by Crippen LogP contribution is 2.13. The van der Waals surface area contributed by atoms with E-state index in [2.05, 4.69) is 21.5 Å². The first-order valence-electron chi connectivity index (χ1n) is 4.75. The fourth-order valence-corrected chi connectivity index (χ4v) is 1.92. The van der Waals surface area contributed by atoms with Gasteiger partial charge in [-0.05, 0) is 17.9 Å². The summed E-state index contributed by atoms with van der Waals surface area (Å²) in [6, 6.07) is 0. The minimum absolute atomic E-state index is 0.105. The van der Waals surface area contributed by atoms with Gasteiger partial charge in [0.15, 0.2) is 10.8 Å². The molecule has 0 saturated carbocycles. The van der Waals surface area contributed by atoms with Crippen molar-refractivity contribution >= 4 is 34.4 Å². The summed E-state index contributed by atoms with van der Waals surface area (Å²) in [4.78, 5) is 24.3. The van der Waals surface area contributed by atoms with Gasteiger partial charge < -0.3 is 0 Å². The van der Waals surface area contributed by atoms with E-state index in [1.54, 1.807) is 6.08 Å². The third-order valence-corrected chi connectivity index (χ3v) is 2.99. The highest BCUT2D eigenvalue weighted by molar-refractivity contribution is 7.98. The van der Waals surface area contributed by atoms with Crippen LogP contribution < -0.4 is 5.56 Å². The molecule has 0 fully saturated rings. The smallest absolute Gasteiger partial charge is 0.265 e. The first-order chi connectivity index (χ1) is 8.17. The Bertz CT molecular complexity index is 640. The monoisotopic (exact) mass is 268 g/mol. The van der Waals surface area contributed by atoms with E-state index in [1.807, 2.05) is 6.26 Å². The van der Waals surface area contributed by atoms with E-state index in [-0.39, 0.29) is 10.8 Å². The van der Waals surface area contributed by atoms with Crippen LogP contribution in [0.25, 0.3) is 11.0 Å². The third-order valence-electron chi connectivity index (χ3n) is 2.14. The number of aromatic nitrogens is 4. The second-order valence-electron chi connectivity index (χ2n) is 3.18. The summed E-state index contributed by atoms with van der Waals surface area (Å²) in [5, 5.41) is 1.02. The van der Waals surface area contributed by atoms with Crippen LogP contribution in [0.5, 0.6) is 0 Å². The van der Waals surface area contributed by atoms with Gasteiger partial charge in [0, 0.05) is 12.7 Å². The molecule has 5 nitrogen and oxygen atoms in total. The predicted octanol–water partition coefficient (Wildman–Crippen LogP) is 1.75.